The van der Waals surface area contributed by atoms with Crippen molar-refractivity contribution in [2.45, 2.75) is 33.1 Å². The van der Waals surface area contributed by atoms with Gasteiger partial charge in [-0.1, -0.05) is 17.7 Å². The Morgan fingerprint density at radius 1 is 1.13 bits per heavy atom. The zero-order valence-corrected chi connectivity index (χ0v) is 18.6. The number of amides is 1. The molecule has 8 heteroatoms. The molecule has 2 N–H and O–H groups in total. The summed E-state index contributed by atoms with van der Waals surface area (Å²) >= 11 is 0. The molecule has 0 saturated carbocycles. The van der Waals surface area contributed by atoms with E-state index in [0.717, 1.165) is 73.5 Å². The van der Waals surface area contributed by atoms with E-state index in [1.165, 1.54) is 5.56 Å². The van der Waals surface area contributed by atoms with E-state index >= 15 is 0 Å². The third kappa shape index (κ3) is 4.54. The summed E-state index contributed by atoms with van der Waals surface area (Å²) in [4.78, 5) is 14.7. The van der Waals surface area contributed by atoms with Crippen LogP contribution in [0.25, 0.3) is 16.6 Å². The van der Waals surface area contributed by atoms with Gasteiger partial charge in [0.2, 0.25) is 5.91 Å². The maximum Gasteiger partial charge on any atom is 0.223 e. The van der Waals surface area contributed by atoms with Gasteiger partial charge in [0.25, 0.3) is 0 Å². The fraction of sp³-hybridized carbons (Fsp3) is 0.478. The molecular weight excluding hydrogens is 390 g/mol. The first-order chi connectivity index (χ1) is 15.1. The van der Waals surface area contributed by atoms with E-state index < -0.39 is 0 Å². The molecule has 2 aromatic heterocycles. The van der Waals surface area contributed by atoms with E-state index in [1.54, 1.807) is 6.20 Å². The van der Waals surface area contributed by atoms with E-state index in [4.69, 9.17) is 5.10 Å². The number of anilines is 1. The topological polar surface area (TPSA) is 88.0 Å². The van der Waals surface area contributed by atoms with Crippen molar-refractivity contribution < 1.29 is 4.79 Å². The SMILES string of the molecule is CNCCCNC(=O)C1CCN(c2nncc3c(C)n(-c4ccc(C)cc4)nc23)CC1. The first-order valence-corrected chi connectivity index (χ1v) is 11.0. The van der Waals surface area contributed by atoms with Crippen LogP contribution in [0.5, 0.6) is 0 Å². The predicted molar refractivity (Wildman–Crippen MR) is 123 cm³/mol. The zero-order chi connectivity index (χ0) is 21.8. The highest BCUT2D eigenvalue weighted by Crippen LogP contribution is 2.29. The van der Waals surface area contributed by atoms with Gasteiger partial charge in [-0.25, -0.2) is 4.68 Å². The summed E-state index contributed by atoms with van der Waals surface area (Å²) in [6, 6.07) is 8.34. The number of piperidine rings is 1. The molecule has 164 valence electrons. The first-order valence-electron chi connectivity index (χ1n) is 11.0. The van der Waals surface area contributed by atoms with E-state index in [9.17, 15) is 4.79 Å². The highest BCUT2D eigenvalue weighted by atomic mass is 16.1. The number of aromatic nitrogens is 4. The van der Waals surface area contributed by atoms with Gasteiger partial charge in [0, 0.05) is 30.9 Å². The maximum atomic E-state index is 12.5. The first kappa shape index (κ1) is 21.2. The highest BCUT2D eigenvalue weighted by molar-refractivity contribution is 5.90. The van der Waals surface area contributed by atoms with Gasteiger partial charge in [-0.15, -0.1) is 5.10 Å². The summed E-state index contributed by atoms with van der Waals surface area (Å²) in [6.45, 7) is 7.33. The van der Waals surface area contributed by atoms with Crippen LogP contribution in [-0.4, -0.2) is 59.1 Å². The molecule has 31 heavy (non-hydrogen) atoms. The van der Waals surface area contributed by atoms with Crippen molar-refractivity contribution >= 4 is 22.6 Å². The van der Waals surface area contributed by atoms with Crippen LogP contribution in [0.1, 0.15) is 30.5 Å². The van der Waals surface area contributed by atoms with E-state index in [2.05, 4.69) is 63.8 Å². The van der Waals surface area contributed by atoms with Crippen molar-refractivity contribution in [2.75, 3.05) is 38.1 Å². The minimum Gasteiger partial charge on any atom is -0.356 e. The molecule has 1 fully saturated rings. The summed E-state index contributed by atoms with van der Waals surface area (Å²) in [6.07, 6.45) is 4.36. The number of nitrogens with one attached hydrogen (secondary N) is 2. The lowest BCUT2D eigenvalue weighted by atomic mass is 9.96. The van der Waals surface area contributed by atoms with Crippen LogP contribution in [0.2, 0.25) is 0 Å². The van der Waals surface area contributed by atoms with Gasteiger partial charge in [0.15, 0.2) is 5.82 Å². The van der Waals surface area contributed by atoms with Crippen molar-refractivity contribution in [3.8, 4) is 5.69 Å². The second-order valence-corrected chi connectivity index (χ2v) is 8.27. The van der Waals surface area contributed by atoms with Gasteiger partial charge in [-0.2, -0.15) is 10.2 Å². The number of aryl methyl sites for hydroxylation is 2. The zero-order valence-electron chi connectivity index (χ0n) is 18.6. The van der Waals surface area contributed by atoms with Gasteiger partial charge in [-0.3, -0.25) is 4.79 Å². The van der Waals surface area contributed by atoms with Crippen molar-refractivity contribution in [1.82, 2.24) is 30.6 Å². The molecule has 1 aliphatic rings. The number of carbonyl (C=O) groups excluding carboxylic acids is 1. The number of hydrogen-bond donors (Lipinski definition) is 2. The van der Waals surface area contributed by atoms with Crippen molar-refractivity contribution in [1.29, 1.82) is 0 Å². The monoisotopic (exact) mass is 421 g/mol. The Morgan fingerprint density at radius 2 is 1.87 bits per heavy atom. The van der Waals surface area contributed by atoms with Crippen LogP contribution in [0.15, 0.2) is 30.5 Å². The van der Waals surface area contributed by atoms with Crippen LogP contribution < -0.4 is 15.5 Å². The molecule has 0 unspecified atom stereocenters. The van der Waals surface area contributed by atoms with Crippen molar-refractivity contribution in [3.63, 3.8) is 0 Å². The van der Waals surface area contributed by atoms with Crippen molar-refractivity contribution in [3.05, 3.63) is 41.7 Å². The number of carbonyl (C=O) groups is 1. The van der Waals surface area contributed by atoms with Crippen LogP contribution in [0.4, 0.5) is 5.82 Å². The standard InChI is InChI=1S/C23H31N7O/c1-16-5-7-19(8-6-16)30-17(2)20-15-26-27-22(21(20)28-30)29-13-9-18(10-14-29)23(31)25-12-4-11-24-3/h5-8,15,18,24H,4,9-14H2,1-3H3,(H,25,31). The van der Waals surface area contributed by atoms with Gasteiger partial charge in [0.05, 0.1) is 17.6 Å². The Hall–Kier alpha value is -3.00. The molecule has 0 atom stereocenters. The number of rotatable bonds is 7. The molecule has 1 aliphatic heterocycles. The lowest BCUT2D eigenvalue weighted by Crippen LogP contribution is -2.41. The summed E-state index contributed by atoms with van der Waals surface area (Å²) in [5.41, 5.74) is 4.16. The molecular formula is C23H31N7O. The summed E-state index contributed by atoms with van der Waals surface area (Å²) in [5, 5.41) is 20.7. The van der Waals surface area contributed by atoms with Gasteiger partial charge >= 0.3 is 0 Å². The molecule has 3 heterocycles. The van der Waals surface area contributed by atoms with Gasteiger partial charge < -0.3 is 15.5 Å². The average Bonchev–Trinajstić information content (AvgIpc) is 3.14. The highest BCUT2D eigenvalue weighted by Gasteiger charge is 2.27. The third-order valence-electron chi connectivity index (χ3n) is 6.06. The van der Waals surface area contributed by atoms with E-state index in [1.807, 2.05) is 11.7 Å². The maximum absolute atomic E-state index is 12.5. The second-order valence-electron chi connectivity index (χ2n) is 8.27. The van der Waals surface area contributed by atoms with Crippen LogP contribution in [-0.2, 0) is 4.79 Å². The Bertz CT molecular complexity index is 1040. The van der Waals surface area contributed by atoms with E-state index in [-0.39, 0.29) is 11.8 Å². The predicted octanol–water partition coefficient (Wildman–Crippen LogP) is 2.37. The van der Waals surface area contributed by atoms with E-state index in [0.29, 0.717) is 0 Å². The fourth-order valence-electron chi connectivity index (χ4n) is 4.15. The number of benzene rings is 1. The molecule has 0 radical (unpaired) electrons. The Balaban J connectivity index is 1.49. The summed E-state index contributed by atoms with van der Waals surface area (Å²) in [7, 11) is 1.92. The average molecular weight is 422 g/mol. The molecule has 4 rings (SSSR count). The molecule has 8 nitrogen and oxygen atoms in total. The van der Waals surface area contributed by atoms with Crippen LogP contribution >= 0.6 is 0 Å². The minimum absolute atomic E-state index is 0.0600. The molecule has 0 spiro atoms. The Labute approximate surface area is 183 Å². The molecule has 0 bridgehead atoms. The fourth-order valence-corrected chi connectivity index (χ4v) is 4.15. The largest absolute Gasteiger partial charge is 0.356 e. The minimum atomic E-state index is 0.0600. The van der Waals surface area contributed by atoms with Crippen molar-refractivity contribution in [2.24, 2.45) is 5.92 Å². The molecule has 1 saturated heterocycles. The number of fused-ring (bicyclic) bond motifs is 1. The molecule has 3 aromatic rings. The lowest BCUT2D eigenvalue weighted by molar-refractivity contribution is -0.125. The second kappa shape index (κ2) is 9.43. The molecule has 1 amide bonds. The van der Waals surface area contributed by atoms with Gasteiger partial charge in [0.1, 0.15) is 5.52 Å². The third-order valence-corrected chi connectivity index (χ3v) is 6.06. The Morgan fingerprint density at radius 3 is 2.58 bits per heavy atom. The molecule has 0 aliphatic carbocycles. The number of nitrogens with zero attached hydrogens (tertiary/aromatic N) is 5. The summed E-state index contributed by atoms with van der Waals surface area (Å²) in [5.74, 6) is 1.03. The smallest absolute Gasteiger partial charge is 0.223 e. The molecule has 1 aromatic carbocycles. The number of hydrogen-bond acceptors (Lipinski definition) is 6. The van der Waals surface area contributed by atoms with Crippen LogP contribution in [0, 0.1) is 19.8 Å². The van der Waals surface area contributed by atoms with Crippen LogP contribution in [0.3, 0.4) is 0 Å². The quantitative estimate of drug-likeness (QED) is 0.570. The van der Waals surface area contributed by atoms with Gasteiger partial charge in [-0.05, 0) is 58.8 Å². The lowest BCUT2D eigenvalue weighted by Gasteiger charge is -2.31. The normalized spacial score (nSPS) is 14.9. The Kier molecular flexibility index (Phi) is 6.46. The summed E-state index contributed by atoms with van der Waals surface area (Å²) < 4.78 is 1.96.